The van der Waals surface area contributed by atoms with Crippen molar-refractivity contribution in [3.05, 3.63) is 34.9 Å². The molecule has 1 saturated heterocycles. The van der Waals surface area contributed by atoms with Crippen molar-refractivity contribution in [2.45, 2.75) is 32.3 Å². The van der Waals surface area contributed by atoms with Crippen LogP contribution in [0.4, 0.5) is 0 Å². The highest BCUT2D eigenvalue weighted by molar-refractivity contribution is 6.30. The highest BCUT2D eigenvalue weighted by atomic mass is 35.5. The zero-order chi connectivity index (χ0) is 19.5. The lowest BCUT2D eigenvalue weighted by atomic mass is 10.1. The molecule has 6 nitrogen and oxygen atoms in total. The van der Waals surface area contributed by atoms with Crippen molar-refractivity contribution >= 4 is 17.6 Å². The summed E-state index contributed by atoms with van der Waals surface area (Å²) >= 11 is 5.92. The van der Waals surface area contributed by atoms with Crippen LogP contribution in [0.2, 0.25) is 5.02 Å². The van der Waals surface area contributed by atoms with Crippen LogP contribution in [0.5, 0.6) is 0 Å². The number of β-amino-alcohol motifs (C(OH)–C–C–N with tert-alkyl or cyclic N) is 1. The molecule has 3 N–H and O–H groups in total. The van der Waals surface area contributed by atoms with Crippen molar-refractivity contribution in [3.63, 3.8) is 0 Å². The van der Waals surface area contributed by atoms with Gasteiger partial charge in [-0.3, -0.25) is 9.89 Å². The van der Waals surface area contributed by atoms with Crippen molar-refractivity contribution in [1.29, 1.82) is 0 Å². The lowest BCUT2D eigenvalue weighted by Gasteiger charge is -2.33. The number of benzene rings is 1. The lowest BCUT2D eigenvalue weighted by Crippen LogP contribution is -2.48. The predicted molar refractivity (Wildman–Crippen MR) is 112 cm³/mol. The average Bonchev–Trinajstić information content (AvgIpc) is 2.65. The van der Waals surface area contributed by atoms with Gasteiger partial charge in [0.05, 0.1) is 25.4 Å². The molecule has 27 heavy (non-hydrogen) atoms. The molecule has 0 spiro atoms. The first kappa shape index (κ1) is 22.0. The maximum Gasteiger partial charge on any atom is 0.191 e. The van der Waals surface area contributed by atoms with Crippen LogP contribution in [0.15, 0.2) is 29.3 Å². The molecule has 1 atom stereocenters. The van der Waals surface area contributed by atoms with Crippen LogP contribution in [0.25, 0.3) is 0 Å². The zero-order valence-corrected chi connectivity index (χ0v) is 17.3. The molecule has 1 aromatic rings. The van der Waals surface area contributed by atoms with Gasteiger partial charge in [0.2, 0.25) is 0 Å². The molecule has 1 aromatic carbocycles. The van der Waals surface area contributed by atoms with Crippen LogP contribution < -0.4 is 10.6 Å². The number of hydrogen-bond acceptors (Lipinski definition) is 4. The fourth-order valence-electron chi connectivity index (χ4n) is 3.03. The van der Waals surface area contributed by atoms with E-state index in [1.165, 1.54) is 5.56 Å². The number of aryl methyl sites for hydroxylation is 1. The van der Waals surface area contributed by atoms with Gasteiger partial charge in [0.25, 0.3) is 0 Å². The molecule has 0 aliphatic carbocycles. The number of nitrogens with one attached hydrogen (secondary N) is 2. The third kappa shape index (κ3) is 8.93. The second-order valence-corrected chi connectivity index (χ2v) is 7.67. The average molecular weight is 397 g/mol. The van der Waals surface area contributed by atoms with E-state index in [9.17, 15) is 5.11 Å². The first-order valence-electron chi connectivity index (χ1n) is 9.77. The van der Waals surface area contributed by atoms with Crippen molar-refractivity contribution in [1.82, 2.24) is 15.5 Å². The second kappa shape index (κ2) is 11.5. The Bertz CT molecular complexity index is 572. The van der Waals surface area contributed by atoms with Crippen LogP contribution in [0.3, 0.4) is 0 Å². The van der Waals surface area contributed by atoms with Gasteiger partial charge in [0.15, 0.2) is 5.96 Å². The first-order valence-corrected chi connectivity index (χ1v) is 10.2. The van der Waals surface area contributed by atoms with Gasteiger partial charge < -0.3 is 20.5 Å². The summed E-state index contributed by atoms with van der Waals surface area (Å²) in [6.45, 7) is 9.65. The van der Waals surface area contributed by atoms with E-state index in [2.05, 4.69) is 32.7 Å². The smallest absolute Gasteiger partial charge is 0.191 e. The Morgan fingerprint density at radius 1 is 1.26 bits per heavy atom. The number of halogens is 1. The van der Waals surface area contributed by atoms with Crippen LogP contribution in [0.1, 0.15) is 25.8 Å². The van der Waals surface area contributed by atoms with Gasteiger partial charge in [-0.25, -0.2) is 0 Å². The van der Waals surface area contributed by atoms with E-state index in [4.69, 9.17) is 16.3 Å². The number of hydrogen-bond donors (Lipinski definition) is 3. The van der Waals surface area contributed by atoms with Gasteiger partial charge in [0, 0.05) is 37.7 Å². The first-order chi connectivity index (χ1) is 13.0. The summed E-state index contributed by atoms with van der Waals surface area (Å²) in [7, 11) is 0. The molecule has 1 aliphatic heterocycles. The Labute approximate surface area is 168 Å². The summed E-state index contributed by atoms with van der Waals surface area (Å²) in [6.07, 6.45) is 1.98. The van der Waals surface area contributed by atoms with Gasteiger partial charge in [-0.05, 0) is 44.4 Å². The number of aliphatic hydroxyl groups is 1. The van der Waals surface area contributed by atoms with Crippen LogP contribution in [-0.4, -0.2) is 74.0 Å². The minimum Gasteiger partial charge on any atom is -0.387 e. The van der Waals surface area contributed by atoms with E-state index < -0.39 is 5.60 Å². The van der Waals surface area contributed by atoms with E-state index in [-0.39, 0.29) is 0 Å². The molecule has 0 saturated carbocycles. The lowest BCUT2D eigenvalue weighted by molar-refractivity contribution is -0.0179. The number of ether oxygens (including phenoxy) is 1. The quantitative estimate of drug-likeness (QED) is 0.338. The standard InChI is InChI=1S/C20H33ClN4O2/c1-3-22-19(23-10-4-5-17-6-8-18(21)9-7-17)24-15-20(2,26)16-25-11-13-27-14-12-25/h6-9,26H,3-5,10-16H2,1-2H3,(H2,22,23,24). The Morgan fingerprint density at radius 3 is 2.63 bits per heavy atom. The molecule has 1 fully saturated rings. The van der Waals surface area contributed by atoms with Gasteiger partial charge in [-0.1, -0.05) is 23.7 Å². The molecule has 7 heteroatoms. The second-order valence-electron chi connectivity index (χ2n) is 7.24. The molecule has 152 valence electrons. The zero-order valence-electron chi connectivity index (χ0n) is 16.5. The van der Waals surface area contributed by atoms with Crippen molar-refractivity contribution in [2.24, 2.45) is 4.99 Å². The van der Waals surface area contributed by atoms with Gasteiger partial charge in [-0.2, -0.15) is 0 Å². The number of guanidine groups is 1. The summed E-state index contributed by atoms with van der Waals surface area (Å²) in [4.78, 5) is 6.80. The minimum absolute atomic E-state index is 0.358. The number of nitrogens with zero attached hydrogens (tertiary/aromatic N) is 2. The molecular formula is C20H33ClN4O2. The maximum atomic E-state index is 10.7. The van der Waals surface area contributed by atoms with Crippen LogP contribution >= 0.6 is 11.6 Å². The largest absolute Gasteiger partial charge is 0.387 e. The SMILES string of the molecule is CCNC(=NCC(C)(O)CN1CCOCC1)NCCCc1ccc(Cl)cc1. The van der Waals surface area contributed by atoms with E-state index in [0.717, 1.165) is 63.2 Å². The van der Waals surface area contributed by atoms with E-state index in [0.29, 0.717) is 13.1 Å². The van der Waals surface area contributed by atoms with Gasteiger partial charge in [0.1, 0.15) is 0 Å². The topological polar surface area (TPSA) is 69.1 Å². The molecular weight excluding hydrogens is 364 g/mol. The third-order valence-electron chi connectivity index (χ3n) is 4.44. The van der Waals surface area contributed by atoms with Gasteiger partial charge in [-0.15, -0.1) is 0 Å². The van der Waals surface area contributed by atoms with E-state index in [1.54, 1.807) is 0 Å². The summed E-state index contributed by atoms with van der Waals surface area (Å²) in [5.41, 5.74) is 0.416. The Morgan fingerprint density at radius 2 is 1.96 bits per heavy atom. The highest BCUT2D eigenvalue weighted by Gasteiger charge is 2.25. The van der Waals surface area contributed by atoms with E-state index >= 15 is 0 Å². The maximum absolute atomic E-state index is 10.7. The monoisotopic (exact) mass is 396 g/mol. The summed E-state index contributed by atoms with van der Waals surface area (Å²) in [5.74, 6) is 0.746. The molecule has 0 amide bonds. The van der Waals surface area contributed by atoms with Crippen LogP contribution in [-0.2, 0) is 11.2 Å². The molecule has 1 aliphatic rings. The third-order valence-corrected chi connectivity index (χ3v) is 4.69. The Balaban J connectivity index is 1.75. The van der Waals surface area contributed by atoms with E-state index in [1.807, 2.05) is 26.0 Å². The molecule has 1 heterocycles. The number of rotatable bonds is 9. The Hall–Kier alpha value is -1.34. The molecule has 0 aromatic heterocycles. The Kier molecular flexibility index (Phi) is 9.34. The highest BCUT2D eigenvalue weighted by Crippen LogP contribution is 2.11. The fourth-order valence-corrected chi connectivity index (χ4v) is 3.16. The molecule has 1 unspecified atom stereocenters. The molecule has 0 bridgehead atoms. The predicted octanol–water partition coefficient (Wildman–Crippen LogP) is 1.91. The summed E-state index contributed by atoms with van der Waals surface area (Å²) in [5, 5.41) is 18.0. The molecule has 0 radical (unpaired) electrons. The normalized spacial score (nSPS) is 18.1. The van der Waals surface area contributed by atoms with Crippen LogP contribution in [0, 0.1) is 0 Å². The fraction of sp³-hybridized carbons (Fsp3) is 0.650. The molecule has 2 rings (SSSR count). The van der Waals surface area contributed by atoms with Gasteiger partial charge >= 0.3 is 0 Å². The van der Waals surface area contributed by atoms with Crippen molar-refractivity contribution in [3.8, 4) is 0 Å². The summed E-state index contributed by atoms with van der Waals surface area (Å²) < 4.78 is 5.36. The minimum atomic E-state index is -0.858. The number of morpholine rings is 1. The van der Waals surface area contributed by atoms with Crippen molar-refractivity contribution < 1.29 is 9.84 Å². The number of aliphatic imine (C=N–C) groups is 1. The summed E-state index contributed by atoms with van der Waals surface area (Å²) in [6, 6.07) is 7.97. The van der Waals surface area contributed by atoms with Crippen molar-refractivity contribution in [2.75, 3.05) is 52.5 Å².